The van der Waals surface area contributed by atoms with Gasteiger partial charge in [-0.3, -0.25) is 0 Å². The van der Waals surface area contributed by atoms with Crippen LogP contribution in [-0.4, -0.2) is 12.1 Å². The highest BCUT2D eigenvalue weighted by Crippen LogP contribution is 2.28. The molecule has 0 aromatic carbocycles. The standard InChI is InChI=1S/C12H23N/c1-10(13-12-8-9-12)11-6-4-2-3-5-7-11/h10-13H,2-9H2,1H3/t10-/m1/s1. The normalized spacial score (nSPS) is 28.4. The van der Waals surface area contributed by atoms with E-state index in [0.29, 0.717) is 0 Å². The molecule has 0 radical (unpaired) electrons. The van der Waals surface area contributed by atoms with Crippen molar-refractivity contribution in [1.29, 1.82) is 0 Å². The monoisotopic (exact) mass is 181 g/mol. The molecule has 1 heteroatoms. The molecule has 0 bridgehead atoms. The van der Waals surface area contributed by atoms with Gasteiger partial charge in [-0.15, -0.1) is 0 Å². The third kappa shape index (κ3) is 2.98. The predicted molar refractivity (Wildman–Crippen MR) is 56.8 cm³/mol. The van der Waals surface area contributed by atoms with E-state index in [0.717, 1.165) is 18.0 Å². The largest absolute Gasteiger partial charge is 0.311 e. The van der Waals surface area contributed by atoms with Crippen LogP contribution < -0.4 is 5.32 Å². The maximum Gasteiger partial charge on any atom is 0.00708 e. The van der Waals surface area contributed by atoms with Gasteiger partial charge in [-0.1, -0.05) is 25.7 Å². The fourth-order valence-corrected chi connectivity index (χ4v) is 2.57. The van der Waals surface area contributed by atoms with Gasteiger partial charge in [-0.05, 0) is 38.5 Å². The summed E-state index contributed by atoms with van der Waals surface area (Å²) in [6, 6.07) is 1.67. The fraction of sp³-hybridized carbons (Fsp3) is 1.00. The summed E-state index contributed by atoms with van der Waals surface area (Å²) < 4.78 is 0. The van der Waals surface area contributed by atoms with Crippen molar-refractivity contribution in [3.63, 3.8) is 0 Å². The van der Waals surface area contributed by atoms with E-state index in [4.69, 9.17) is 0 Å². The van der Waals surface area contributed by atoms with Crippen LogP contribution in [0.5, 0.6) is 0 Å². The van der Waals surface area contributed by atoms with Crippen LogP contribution in [0, 0.1) is 5.92 Å². The van der Waals surface area contributed by atoms with E-state index >= 15 is 0 Å². The lowest BCUT2D eigenvalue weighted by molar-refractivity contribution is 0.336. The first-order chi connectivity index (χ1) is 6.36. The number of nitrogens with one attached hydrogen (secondary N) is 1. The van der Waals surface area contributed by atoms with Crippen molar-refractivity contribution in [3.05, 3.63) is 0 Å². The van der Waals surface area contributed by atoms with Crippen molar-refractivity contribution in [2.24, 2.45) is 5.92 Å². The van der Waals surface area contributed by atoms with Gasteiger partial charge in [-0.2, -0.15) is 0 Å². The summed E-state index contributed by atoms with van der Waals surface area (Å²) in [4.78, 5) is 0. The molecule has 76 valence electrons. The van der Waals surface area contributed by atoms with Crippen LogP contribution in [0.3, 0.4) is 0 Å². The van der Waals surface area contributed by atoms with Gasteiger partial charge < -0.3 is 5.32 Å². The molecule has 0 amide bonds. The lowest BCUT2D eigenvalue weighted by Gasteiger charge is -2.23. The maximum atomic E-state index is 3.75. The molecule has 1 N–H and O–H groups in total. The van der Waals surface area contributed by atoms with E-state index in [9.17, 15) is 0 Å². The average molecular weight is 181 g/mol. The zero-order valence-corrected chi connectivity index (χ0v) is 8.89. The van der Waals surface area contributed by atoms with Gasteiger partial charge in [0.2, 0.25) is 0 Å². The van der Waals surface area contributed by atoms with Crippen LogP contribution in [0.2, 0.25) is 0 Å². The Labute approximate surface area is 82.3 Å². The molecule has 0 aromatic heterocycles. The highest BCUT2D eigenvalue weighted by atomic mass is 15.0. The zero-order valence-electron chi connectivity index (χ0n) is 8.89. The molecule has 2 rings (SSSR count). The Bertz CT molecular complexity index is 143. The van der Waals surface area contributed by atoms with Gasteiger partial charge in [0, 0.05) is 12.1 Å². The average Bonchev–Trinajstić information content (AvgIpc) is 2.87. The number of rotatable bonds is 3. The second kappa shape index (κ2) is 4.45. The summed E-state index contributed by atoms with van der Waals surface area (Å²) >= 11 is 0. The van der Waals surface area contributed by atoms with Crippen molar-refractivity contribution >= 4 is 0 Å². The Morgan fingerprint density at radius 3 is 2.08 bits per heavy atom. The van der Waals surface area contributed by atoms with Gasteiger partial charge >= 0.3 is 0 Å². The minimum absolute atomic E-state index is 0.783. The molecule has 2 aliphatic rings. The summed E-state index contributed by atoms with van der Waals surface area (Å²) in [6.45, 7) is 2.40. The molecule has 0 spiro atoms. The van der Waals surface area contributed by atoms with E-state index in [-0.39, 0.29) is 0 Å². The van der Waals surface area contributed by atoms with Crippen LogP contribution in [0.1, 0.15) is 58.3 Å². The first-order valence-electron chi connectivity index (χ1n) is 6.12. The summed E-state index contributed by atoms with van der Waals surface area (Å²) in [6.07, 6.45) is 11.7. The molecule has 0 aromatic rings. The number of hydrogen-bond donors (Lipinski definition) is 1. The van der Waals surface area contributed by atoms with Crippen molar-refractivity contribution in [1.82, 2.24) is 5.32 Å². The Kier molecular flexibility index (Phi) is 3.26. The van der Waals surface area contributed by atoms with Crippen molar-refractivity contribution in [2.75, 3.05) is 0 Å². The molecule has 2 fully saturated rings. The van der Waals surface area contributed by atoms with Gasteiger partial charge in [0.1, 0.15) is 0 Å². The highest BCUT2D eigenvalue weighted by Gasteiger charge is 2.26. The second-order valence-corrected chi connectivity index (χ2v) is 4.98. The Hall–Kier alpha value is -0.0400. The Balaban J connectivity index is 1.74. The zero-order chi connectivity index (χ0) is 9.10. The first-order valence-corrected chi connectivity index (χ1v) is 6.12. The van der Waals surface area contributed by atoms with Gasteiger partial charge in [-0.25, -0.2) is 0 Å². The lowest BCUT2D eigenvalue weighted by atomic mass is 9.93. The maximum absolute atomic E-state index is 3.75. The van der Waals surface area contributed by atoms with Gasteiger partial charge in [0.15, 0.2) is 0 Å². The lowest BCUT2D eigenvalue weighted by Crippen LogP contribution is -2.34. The summed E-state index contributed by atoms with van der Waals surface area (Å²) in [5.41, 5.74) is 0. The molecule has 13 heavy (non-hydrogen) atoms. The van der Waals surface area contributed by atoms with Crippen LogP contribution in [-0.2, 0) is 0 Å². The fourth-order valence-electron chi connectivity index (χ4n) is 2.57. The molecule has 0 heterocycles. The van der Waals surface area contributed by atoms with Gasteiger partial charge in [0.25, 0.3) is 0 Å². The summed E-state index contributed by atoms with van der Waals surface area (Å²) in [7, 11) is 0. The topological polar surface area (TPSA) is 12.0 Å². The minimum Gasteiger partial charge on any atom is -0.311 e. The third-order valence-electron chi connectivity index (χ3n) is 3.68. The summed E-state index contributed by atoms with van der Waals surface area (Å²) in [5, 5.41) is 3.75. The molecule has 1 atom stereocenters. The molecule has 0 saturated heterocycles. The Morgan fingerprint density at radius 2 is 1.54 bits per heavy atom. The summed E-state index contributed by atoms with van der Waals surface area (Å²) in [5.74, 6) is 0.975. The molecular weight excluding hydrogens is 158 g/mol. The van der Waals surface area contributed by atoms with E-state index in [2.05, 4.69) is 12.2 Å². The van der Waals surface area contributed by atoms with Crippen molar-refractivity contribution < 1.29 is 0 Å². The van der Waals surface area contributed by atoms with Crippen LogP contribution >= 0.6 is 0 Å². The smallest absolute Gasteiger partial charge is 0.00708 e. The van der Waals surface area contributed by atoms with Crippen molar-refractivity contribution in [2.45, 2.75) is 70.4 Å². The van der Waals surface area contributed by atoms with E-state index in [1.165, 1.54) is 51.4 Å². The van der Waals surface area contributed by atoms with Crippen LogP contribution in [0.4, 0.5) is 0 Å². The third-order valence-corrected chi connectivity index (χ3v) is 3.68. The van der Waals surface area contributed by atoms with Crippen molar-refractivity contribution in [3.8, 4) is 0 Å². The molecular formula is C12H23N. The quantitative estimate of drug-likeness (QED) is 0.660. The highest BCUT2D eigenvalue weighted by molar-refractivity contribution is 4.86. The minimum atomic E-state index is 0.783. The molecule has 2 saturated carbocycles. The van der Waals surface area contributed by atoms with E-state index in [1.807, 2.05) is 0 Å². The van der Waals surface area contributed by atoms with Crippen LogP contribution in [0.25, 0.3) is 0 Å². The SMILES string of the molecule is C[C@@H](NC1CC1)C1CCCCCC1. The predicted octanol–water partition coefficient (Wildman–Crippen LogP) is 3.10. The molecule has 0 unspecified atom stereocenters. The second-order valence-electron chi connectivity index (χ2n) is 4.98. The molecule has 2 aliphatic carbocycles. The van der Waals surface area contributed by atoms with Crippen LogP contribution in [0.15, 0.2) is 0 Å². The van der Waals surface area contributed by atoms with E-state index < -0.39 is 0 Å². The molecule has 0 aliphatic heterocycles. The molecule has 1 nitrogen and oxygen atoms in total. The van der Waals surface area contributed by atoms with E-state index in [1.54, 1.807) is 0 Å². The first kappa shape index (κ1) is 9.51. The number of hydrogen-bond acceptors (Lipinski definition) is 1. The Morgan fingerprint density at radius 1 is 0.923 bits per heavy atom. The van der Waals surface area contributed by atoms with Gasteiger partial charge in [0.05, 0.1) is 0 Å².